The molecule has 1 fully saturated rings. The highest BCUT2D eigenvalue weighted by molar-refractivity contribution is 6.30. The number of nitro benzene ring substituents is 1. The Hall–Kier alpha value is -4.82. The predicted octanol–water partition coefficient (Wildman–Crippen LogP) is 5.70. The molecule has 0 N–H and O–H groups in total. The van der Waals surface area contributed by atoms with Gasteiger partial charge < -0.3 is 0 Å². The van der Waals surface area contributed by atoms with Gasteiger partial charge in [-0.3, -0.25) is 24.5 Å². The molecule has 8 nitrogen and oxygen atoms in total. The molecule has 1 saturated heterocycles. The molecule has 9 heteroatoms. The largest absolute Gasteiger partial charge is 0.274 e. The Kier molecular flexibility index (Phi) is 5.76. The van der Waals surface area contributed by atoms with E-state index in [1.165, 1.54) is 30.3 Å². The van der Waals surface area contributed by atoms with Crippen molar-refractivity contribution in [1.29, 1.82) is 0 Å². The summed E-state index contributed by atoms with van der Waals surface area (Å²) in [6, 6.07) is 27.8. The minimum atomic E-state index is -0.705. The standard InChI is InChI=1S/C32H22ClN3O5/c33-20-15-13-18(14-16-20)30(37)34(17-19-7-1-6-12-25(19)36(40)41)35-31(38)28-26-21-8-2-3-9-22(21)27(29(28)32(35)39)24-11-5-4-10-23(24)26/h1-16,26-29H,17H2/t26?,27?,28-,29-/m1/s1. The van der Waals surface area contributed by atoms with Gasteiger partial charge in [-0.1, -0.05) is 78.3 Å². The molecule has 1 heterocycles. The van der Waals surface area contributed by atoms with Crippen molar-refractivity contribution in [1.82, 2.24) is 10.0 Å². The summed E-state index contributed by atoms with van der Waals surface area (Å²) in [4.78, 5) is 54.0. The van der Waals surface area contributed by atoms with Crippen molar-refractivity contribution in [3.8, 4) is 0 Å². The van der Waals surface area contributed by atoms with Crippen LogP contribution in [0.25, 0.3) is 0 Å². The van der Waals surface area contributed by atoms with Gasteiger partial charge in [0, 0.05) is 28.5 Å². The van der Waals surface area contributed by atoms with Crippen LogP contribution in [-0.4, -0.2) is 32.7 Å². The lowest BCUT2D eigenvalue weighted by Crippen LogP contribution is -2.50. The maximum Gasteiger partial charge on any atom is 0.274 e. The van der Waals surface area contributed by atoms with Crippen LogP contribution in [0.1, 0.15) is 50.0 Å². The lowest BCUT2D eigenvalue weighted by molar-refractivity contribution is -0.385. The molecule has 3 aliphatic carbocycles. The summed E-state index contributed by atoms with van der Waals surface area (Å²) in [6.45, 7) is -0.342. The molecule has 8 rings (SSSR count). The molecular formula is C32H22ClN3O5. The van der Waals surface area contributed by atoms with Crippen molar-refractivity contribution in [2.75, 3.05) is 0 Å². The van der Waals surface area contributed by atoms with Gasteiger partial charge >= 0.3 is 0 Å². The molecule has 0 aromatic heterocycles. The Morgan fingerprint density at radius 3 is 1.71 bits per heavy atom. The first-order valence-electron chi connectivity index (χ1n) is 13.2. The Morgan fingerprint density at radius 1 is 0.756 bits per heavy atom. The van der Waals surface area contributed by atoms with Gasteiger partial charge in [0.25, 0.3) is 23.4 Å². The van der Waals surface area contributed by atoms with Gasteiger partial charge in [-0.25, -0.2) is 5.01 Å². The van der Waals surface area contributed by atoms with Crippen molar-refractivity contribution in [3.63, 3.8) is 0 Å². The molecule has 0 spiro atoms. The minimum Gasteiger partial charge on any atom is -0.272 e. The van der Waals surface area contributed by atoms with Crippen molar-refractivity contribution in [2.45, 2.75) is 18.4 Å². The fourth-order valence-corrected chi connectivity index (χ4v) is 6.98. The summed E-state index contributed by atoms with van der Waals surface area (Å²) < 4.78 is 0. The van der Waals surface area contributed by atoms with E-state index >= 15 is 0 Å². The molecule has 4 aromatic rings. The fourth-order valence-electron chi connectivity index (χ4n) is 6.86. The molecule has 2 atom stereocenters. The van der Waals surface area contributed by atoms with Crippen LogP contribution in [0.5, 0.6) is 0 Å². The first-order valence-corrected chi connectivity index (χ1v) is 13.6. The van der Waals surface area contributed by atoms with E-state index in [1.807, 2.05) is 48.5 Å². The first-order chi connectivity index (χ1) is 19.9. The lowest BCUT2D eigenvalue weighted by atomic mass is 9.55. The van der Waals surface area contributed by atoms with Crippen LogP contribution in [-0.2, 0) is 16.1 Å². The Morgan fingerprint density at radius 2 is 1.22 bits per heavy atom. The van der Waals surface area contributed by atoms with Crippen molar-refractivity contribution in [2.24, 2.45) is 11.8 Å². The van der Waals surface area contributed by atoms with Gasteiger partial charge in [0.15, 0.2) is 0 Å². The monoisotopic (exact) mass is 563 g/mol. The molecule has 0 radical (unpaired) electrons. The van der Waals surface area contributed by atoms with Gasteiger partial charge in [-0.2, -0.15) is 5.01 Å². The fraction of sp³-hybridized carbons (Fsp3) is 0.156. The quantitative estimate of drug-likeness (QED) is 0.176. The maximum absolute atomic E-state index is 14.4. The van der Waals surface area contributed by atoms with Crippen LogP contribution in [0.3, 0.4) is 0 Å². The number of para-hydroxylation sites is 1. The molecule has 41 heavy (non-hydrogen) atoms. The van der Waals surface area contributed by atoms with Crippen LogP contribution in [0, 0.1) is 22.0 Å². The van der Waals surface area contributed by atoms with E-state index in [0.29, 0.717) is 5.02 Å². The maximum atomic E-state index is 14.4. The number of carbonyl (C=O) groups is 3. The summed E-state index contributed by atoms with van der Waals surface area (Å²) in [6.07, 6.45) is 0. The van der Waals surface area contributed by atoms with Gasteiger partial charge in [0.05, 0.1) is 28.9 Å². The molecule has 0 unspecified atom stereocenters. The van der Waals surface area contributed by atoms with E-state index in [1.54, 1.807) is 18.2 Å². The average molecular weight is 564 g/mol. The van der Waals surface area contributed by atoms with E-state index in [0.717, 1.165) is 32.3 Å². The Labute approximate surface area is 239 Å². The van der Waals surface area contributed by atoms with Crippen LogP contribution < -0.4 is 0 Å². The van der Waals surface area contributed by atoms with E-state index in [4.69, 9.17) is 11.6 Å². The van der Waals surface area contributed by atoms with E-state index in [-0.39, 0.29) is 35.2 Å². The Balaban J connectivity index is 1.36. The van der Waals surface area contributed by atoms with Crippen molar-refractivity contribution in [3.05, 3.63) is 146 Å². The highest BCUT2D eigenvalue weighted by Crippen LogP contribution is 2.61. The van der Waals surface area contributed by atoms with Gasteiger partial charge in [0.2, 0.25) is 0 Å². The summed E-state index contributed by atoms with van der Waals surface area (Å²) in [5.41, 5.74) is 4.22. The highest BCUT2D eigenvalue weighted by Gasteiger charge is 2.63. The van der Waals surface area contributed by atoms with Crippen molar-refractivity contribution < 1.29 is 19.3 Å². The molecular weight excluding hydrogens is 542 g/mol. The SMILES string of the molecule is O=C(c1ccc(Cl)cc1)N(Cc1ccccc1[N+](=O)[O-])N1C(=O)[C@@H]2C3c4ccccc4C(c4ccccc43)[C@H]2C1=O. The smallest absolute Gasteiger partial charge is 0.272 e. The second kappa shape index (κ2) is 9.38. The number of hydrogen-bond donors (Lipinski definition) is 0. The van der Waals surface area contributed by atoms with Crippen LogP contribution in [0.2, 0.25) is 5.02 Å². The predicted molar refractivity (Wildman–Crippen MR) is 150 cm³/mol. The summed E-state index contributed by atoms with van der Waals surface area (Å²) in [7, 11) is 0. The van der Waals surface area contributed by atoms with Crippen molar-refractivity contribution >= 4 is 35.0 Å². The molecule has 2 bridgehead atoms. The number of imide groups is 1. The number of carbonyl (C=O) groups excluding carboxylic acids is 3. The van der Waals surface area contributed by atoms with Gasteiger partial charge in [-0.05, 0) is 46.5 Å². The number of hydrazine groups is 1. The zero-order chi connectivity index (χ0) is 28.4. The van der Waals surface area contributed by atoms with Gasteiger partial charge in [0.1, 0.15) is 0 Å². The molecule has 0 saturated carbocycles. The lowest BCUT2D eigenvalue weighted by Gasteiger charge is -2.45. The zero-order valence-electron chi connectivity index (χ0n) is 21.5. The van der Waals surface area contributed by atoms with E-state index in [2.05, 4.69) is 0 Å². The number of amides is 3. The average Bonchev–Trinajstić information content (AvgIpc) is 3.26. The van der Waals surface area contributed by atoms with Crippen LogP contribution in [0.4, 0.5) is 5.69 Å². The number of benzene rings is 4. The van der Waals surface area contributed by atoms with Crippen LogP contribution >= 0.6 is 11.6 Å². The molecule has 202 valence electrons. The molecule has 4 aliphatic rings. The number of nitro groups is 1. The number of halogens is 1. The van der Waals surface area contributed by atoms with E-state index in [9.17, 15) is 24.5 Å². The first kappa shape index (κ1) is 25.2. The third-order valence-electron chi connectivity index (χ3n) is 8.50. The normalized spacial score (nSPS) is 21.7. The minimum absolute atomic E-state index is 0.193. The summed E-state index contributed by atoms with van der Waals surface area (Å²) >= 11 is 6.05. The summed E-state index contributed by atoms with van der Waals surface area (Å²) in [5, 5.41) is 14.2. The number of hydrogen-bond acceptors (Lipinski definition) is 5. The van der Waals surface area contributed by atoms with Gasteiger partial charge in [-0.15, -0.1) is 0 Å². The van der Waals surface area contributed by atoms with E-state index < -0.39 is 34.5 Å². The third-order valence-corrected chi connectivity index (χ3v) is 8.75. The molecule has 3 amide bonds. The number of rotatable bonds is 5. The highest BCUT2D eigenvalue weighted by atomic mass is 35.5. The molecule has 1 aliphatic heterocycles. The second-order valence-electron chi connectivity index (χ2n) is 10.5. The topological polar surface area (TPSA) is 101 Å². The number of nitrogens with zero attached hydrogens (tertiary/aromatic N) is 3. The zero-order valence-corrected chi connectivity index (χ0v) is 22.3. The summed E-state index contributed by atoms with van der Waals surface area (Å²) in [5.74, 6) is -3.72. The second-order valence-corrected chi connectivity index (χ2v) is 10.9. The molecule has 4 aromatic carbocycles. The Bertz CT molecular complexity index is 1660. The van der Waals surface area contributed by atoms with Crippen LogP contribution in [0.15, 0.2) is 97.1 Å². The third kappa shape index (κ3) is 3.71.